The van der Waals surface area contributed by atoms with Crippen molar-refractivity contribution in [2.45, 2.75) is 31.7 Å². The van der Waals surface area contributed by atoms with Crippen LogP contribution in [-0.4, -0.2) is 29.3 Å². The van der Waals surface area contributed by atoms with Gasteiger partial charge in [0.1, 0.15) is 11.5 Å². The highest BCUT2D eigenvalue weighted by Crippen LogP contribution is 2.31. The topological polar surface area (TPSA) is 62.4 Å². The van der Waals surface area contributed by atoms with Crippen molar-refractivity contribution in [1.82, 2.24) is 4.98 Å². The largest absolute Gasteiger partial charge is 0.433 e. The van der Waals surface area contributed by atoms with Crippen molar-refractivity contribution in [3.63, 3.8) is 0 Å². The number of alkyl halides is 3. The first-order chi connectivity index (χ1) is 8.91. The molecule has 0 bridgehead atoms. The molecule has 1 aliphatic rings. The molecule has 2 rings (SSSR count). The zero-order valence-corrected chi connectivity index (χ0v) is 10.3. The molecule has 1 saturated heterocycles. The van der Waals surface area contributed by atoms with Crippen molar-refractivity contribution in [1.29, 1.82) is 0 Å². The van der Waals surface area contributed by atoms with Crippen LogP contribution >= 0.6 is 0 Å². The van der Waals surface area contributed by atoms with Crippen LogP contribution in [-0.2, 0) is 12.7 Å². The van der Waals surface area contributed by atoms with Gasteiger partial charge >= 0.3 is 6.18 Å². The fraction of sp³-hybridized carbons (Fsp3) is 0.583. The van der Waals surface area contributed by atoms with Gasteiger partial charge in [-0.05, 0) is 18.9 Å². The number of hydrogen-bond donors (Lipinski definition) is 2. The van der Waals surface area contributed by atoms with E-state index in [4.69, 9.17) is 5.73 Å². The van der Waals surface area contributed by atoms with Gasteiger partial charge in [0.25, 0.3) is 0 Å². The van der Waals surface area contributed by atoms with Crippen molar-refractivity contribution in [3.8, 4) is 0 Å². The predicted molar refractivity (Wildman–Crippen MR) is 64.6 cm³/mol. The van der Waals surface area contributed by atoms with Crippen molar-refractivity contribution in [3.05, 3.63) is 23.4 Å². The molecule has 0 unspecified atom stereocenters. The van der Waals surface area contributed by atoms with Crippen molar-refractivity contribution in [2.24, 2.45) is 5.73 Å². The molecule has 2 heterocycles. The Kier molecular flexibility index (Phi) is 3.96. The molecule has 0 aromatic carbocycles. The summed E-state index contributed by atoms with van der Waals surface area (Å²) in [6, 6.07) is 2.32. The summed E-state index contributed by atoms with van der Waals surface area (Å²) in [6.07, 6.45) is -3.79. The number of piperidine rings is 1. The zero-order chi connectivity index (χ0) is 14.0. The van der Waals surface area contributed by atoms with Gasteiger partial charge in [0, 0.05) is 25.2 Å². The lowest BCUT2D eigenvalue weighted by atomic mass is 10.1. The molecule has 0 atom stereocenters. The Morgan fingerprint density at radius 2 is 1.95 bits per heavy atom. The first-order valence-electron chi connectivity index (χ1n) is 6.12. The summed E-state index contributed by atoms with van der Waals surface area (Å²) in [4.78, 5) is 5.46. The molecule has 19 heavy (non-hydrogen) atoms. The molecule has 7 heteroatoms. The second kappa shape index (κ2) is 5.34. The Labute approximate surface area is 109 Å². The zero-order valence-electron chi connectivity index (χ0n) is 10.3. The number of anilines is 1. The van der Waals surface area contributed by atoms with Gasteiger partial charge in [-0.1, -0.05) is 6.07 Å². The van der Waals surface area contributed by atoms with Crippen LogP contribution in [0.15, 0.2) is 12.1 Å². The second-order valence-electron chi connectivity index (χ2n) is 4.60. The average molecular weight is 275 g/mol. The monoisotopic (exact) mass is 275 g/mol. The maximum atomic E-state index is 12.7. The van der Waals surface area contributed by atoms with E-state index in [1.165, 1.54) is 6.07 Å². The number of halogens is 3. The number of aliphatic hydroxyl groups is 1. The van der Waals surface area contributed by atoms with Crippen LogP contribution in [0, 0.1) is 0 Å². The molecular weight excluding hydrogens is 259 g/mol. The molecule has 1 aromatic rings. The molecule has 0 amide bonds. The van der Waals surface area contributed by atoms with E-state index in [0.29, 0.717) is 31.5 Å². The van der Waals surface area contributed by atoms with Crippen molar-refractivity contribution in [2.75, 3.05) is 18.0 Å². The first kappa shape index (κ1) is 14.1. The van der Waals surface area contributed by atoms with E-state index in [1.807, 2.05) is 0 Å². The van der Waals surface area contributed by atoms with Gasteiger partial charge in [-0.2, -0.15) is 13.2 Å². The summed E-state index contributed by atoms with van der Waals surface area (Å²) < 4.78 is 38.0. The van der Waals surface area contributed by atoms with Gasteiger partial charge in [-0.25, -0.2) is 4.98 Å². The number of nitrogens with two attached hydrogens (primary N) is 1. The fourth-order valence-electron chi connectivity index (χ4n) is 2.15. The molecule has 4 nitrogen and oxygen atoms in total. The number of aliphatic hydroxyl groups excluding tert-OH is 1. The number of pyridine rings is 1. The standard InChI is InChI=1S/C12H16F3N3O/c13-12(14,15)10-2-1-8(7-16)11(17-10)18-5-3-9(19)4-6-18/h1-2,9,19H,3-7,16H2. The third-order valence-electron chi connectivity index (χ3n) is 3.23. The van der Waals surface area contributed by atoms with E-state index in [9.17, 15) is 18.3 Å². The quantitative estimate of drug-likeness (QED) is 0.859. The molecule has 3 N–H and O–H groups in total. The number of hydrogen-bond acceptors (Lipinski definition) is 4. The highest BCUT2D eigenvalue weighted by Gasteiger charge is 2.33. The molecular formula is C12H16F3N3O. The summed E-state index contributed by atoms with van der Waals surface area (Å²) in [7, 11) is 0. The van der Waals surface area contributed by atoms with Crippen LogP contribution in [0.25, 0.3) is 0 Å². The second-order valence-corrected chi connectivity index (χ2v) is 4.60. The maximum absolute atomic E-state index is 12.7. The Morgan fingerprint density at radius 3 is 2.47 bits per heavy atom. The Morgan fingerprint density at radius 1 is 1.32 bits per heavy atom. The lowest BCUT2D eigenvalue weighted by Gasteiger charge is -2.32. The van der Waals surface area contributed by atoms with Gasteiger partial charge in [0.15, 0.2) is 0 Å². The number of nitrogens with zero attached hydrogens (tertiary/aromatic N) is 2. The highest BCUT2D eigenvalue weighted by atomic mass is 19.4. The minimum absolute atomic E-state index is 0.138. The Bertz CT molecular complexity index is 442. The van der Waals surface area contributed by atoms with E-state index in [-0.39, 0.29) is 18.5 Å². The minimum Gasteiger partial charge on any atom is -0.393 e. The van der Waals surface area contributed by atoms with Crippen molar-refractivity contribution < 1.29 is 18.3 Å². The normalized spacial score (nSPS) is 17.8. The van der Waals surface area contributed by atoms with E-state index in [0.717, 1.165) is 6.07 Å². The minimum atomic E-state index is -4.46. The molecule has 1 aromatic heterocycles. The van der Waals surface area contributed by atoms with Gasteiger partial charge in [-0.15, -0.1) is 0 Å². The molecule has 0 aliphatic carbocycles. The molecule has 1 aliphatic heterocycles. The smallest absolute Gasteiger partial charge is 0.393 e. The Hall–Kier alpha value is -1.34. The van der Waals surface area contributed by atoms with E-state index < -0.39 is 11.9 Å². The molecule has 0 spiro atoms. The third kappa shape index (κ3) is 3.16. The molecule has 106 valence electrons. The van der Waals surface area contributed by atoms with Crippen LogP contribution in [0.3, 0.4) is 0 Å². The van der Waals surface area contributed by atoms with Gasteiger partial charge in [0.05, 0.1) is 6.10 Å². The summed E-state index contributed by atoms with van der Waals surface area (Å²) in [5.41, 5.74) is 5.22. The van der Waals surface area contributed by atoms with E-state index >= 15 is 0 Å². The fourth-order valence-corrected chi connectivity index (χ4v) is 2.15. The summed E-state index contributed by atoms with van der Waals surface area (Å²) in [5, 5.41) is 9.43. The molecule has 1 fully saturated rings. The van der Waals surface area contributed by atoms with Crippen LogP contribution in [0.5, 0.6) is 0 Å². The lowest BCUT2D eigenvalue weighted by molar-refractivity contribution is -0.141. The highest BCUT2D eigenvalue weighted by molar-refractivity contribution is 5.48. The number of rotatable bonds is 2. The van der Waals surface area contributed by atoms with Crippen LogP contribution < -0.4 is 10.6 Å². The SMILES string of the molecule is NCc1ccc(C(F)(F)F)nc1N1CCC(O)CC1. The van der Waals surface area contributed by atoms with E-state index in [1.54, 1.807) is 4.90 Å². The summed E-state index contributed by atoms with van der Waals surface area (Å²) in [6.45, 7) is 1.12. The van der Waals surface area contributed by atoms with Crippen molar-refractivity contribution >= 4 is 5.82 Å². The summed E-state index contributed by atoms with van der Waals surface area (Å²) in [5.74, 6) is 0.282. The average Bonchev–Trinajstić information content (AvgIpc) is 2.38. The maximum Gasteiger partial charge on any atom is 0.433 e. The predicted octanol–water partition coefficient (Wildman–Crippen LogP) is 1.52. The Balaban J connectivity index is 2.31. The summed E-state index contributed by atoms with van der Waals surface area (Å²) >= 11 is 0. The van der Waals surface area contributed by atoms with Crippen LogP contribution in [0.2, 0.25) is 0 Å². The third-order valence-corrected chi connectivity index (χ3v) is 3.23. The van der Waals surface area contributed by atoms with Gasteiger partial charge in [-0.3, -0.25) is 0 Å². The van der Waals surface area contributed by atoms with E-state index in [2.05, 4.69) is 4.98 Å². The van der Waals surface area contributed by atoms with Gasteiger partial charge < -0.3 is 15.7 Å². The van der Waals surface area contributed by atoms with Crippen LogP contribution in [0.4, 0.5) is 19.0 Å². The number of aromatic nitrogens is 1. The first-order valence-corrected chi connectivity index (χ1v) is 6.12. The lowest BCUT2D eigenvalue weighted by Crippen LogP contribution is -2.37. The van der Waals surface area contributed by atoms with Crippen LogP contribution in [0.1, 0.15) is 24.1 Å². The van der Waals surface area contributed by atoms with Gasteiger partial charge in [0.2, 0.25) is 0 Å². The molecule has 0 radical (unpaired) electrons. The molecule has 0 saturated carbocycles.